The van der Waals surface area contributed by atoms with Crippen LogP contribution in [0.4, 0.5) is 11.5 Å². The van der Waals surface area contributed by atoms with Crippen LogP contribution in [0, 0.1) is 12.8 Å². The number of aromatic nitrogens is 1. The number of rotatable bonds is 5. The molecule has 5 heteroatoms. The largest absolute Gasteiger partial charge is 0.489 e. The van der Waals surface area contributed by atoms with Crippen LogP contribution in [0.25, 0.3) is 0 Å². The van der Waals surface area contributed by atoms with Crippen LogP contribution in [-0.2, 0) is 0 Å². The number of nitrogens with zero attached hydrogens (tertiary/aromatic N) is 2. The normalized spacial score (nSPS) is 21.2. The number of pyridine rings is 1. The molecule has 0 atom stereocenters. The molecule has 1 aliphatic heterocycles. The van der Waals surface area contributed by atoms with Gasteiger partial charge in [0.15, 0.2) is 5.75 Å². The van der Waals surface area contributed by atoms with Crippen molar-refractivity contribution in [1.82, 2.24) is 10.3 Å². The quantitative estimate of drug-likeness (QED) is 0.776. The Kier molecular flexibility index (Phi) is 6.02. The lowest BCUT2D eigenvalue weighted by atomic mass is 9.83. The SMILES string of the molecule is CCCC1CCC(NC(=O)c2cccc3c2OCCN3c2ccc(C)cn2)CC1. The van der Waals surface area contributed by atoms with Crippen LogP contribution in [0.2, 0.25) is 0 Å². The average molecular weight is 394 g/mol. The van der Waals surface area contributed by atoms with E-state index in [1.807, 2.05) is 37.4 Å². The maximum atomic E-state index is 13.1. The number of aryl methyl sites for hydroxylation is 1. The van der Waals surface area contributed by atoms with E-state index in [0.29, 0.717) is 17.9 Å². The molecule has 2 aromatic rings. The molecule has 1 aliphatic carbocycles. The second kappa shape index (κ2) is 8.85. The molecule has 1 amide bonds. The van der Waals surface area contributed by atoms with Crippen molar-refractivity contribution < 1.29 is 9.53 Å². The summed E-state index contributed by atoms with van der Waals surface area (Å²) in [5, 5.41) is 3.26. The molecular formula is C24H31N3O2. The Bertz CT molecular complexity index is 842. The van der Waals surface area contributed by atoms with Crippen molar-refractivity contribution in [3.05, 3.63) is 47.7 Å². The minimum absolute atomic E-state index is 0.0282. The van der Waals surface area contributed by atoms with E-state index in [1.165, 1.54) is 25.7 Å². The molecule has 5 nitrogen and oxygen atoms in total. The van der Waals surface area contributed by atoms with Crippen LogP contribution in [0.15, 0.2) is 36.5 Å². The molecule has 1 aromatic heterocycles. The first-order chi connectivity index (χ1) is 14.2. The highest BCUT2D eigenvalue weighted by Gasteiger charge is 2.27. The van der Waals surface area contributed by atoms with Crippen LogP contribution in [0.3, 0.4) is 0 Å². The molecule has 0 spiro atoms. The molecule has 1 saturated carbocycles. The van der Waals surface area contributed by atoms with Crippen LogP contribution in [0.1, 0.15) is 61.4 Å². The number of hydrogen-bond donors (Lipinski definition) is 1. The van der Waals surface area contributed by atoms with Gasteiger partial charge < -0.3 is 15.0 Å². The number of benzene rings is 1. The Morgan fingerprint density at radius 2 is 2.03 bits per heavy atom. The van der Waals surface area contributed by atoms with Gasteiger partial charge in [0, 0.05) is 12.2 Å². The zero-order chi connectivity index (χ0) is 20.2. The molecule has 2 heterocycles. The van der Waals surface area contributed by atoms with Gasteiger partial charge in [0.2, 0.25) is 0 Å². The molecule has 0 saturated heterocycles. The number of fused-ring (bicyclic) bond motifs is 1. The van der Waals surface area contributed by atoms with Crippen LogP contribution < -0.4 is 15.0 Å². The van der Waals surface area contributed by atoms with Gasteiger partial charge in [-0.05, 0) is 62.3 Å². The molecule has 1 fully saturated rings. The van der Waals surface area contributed by atoms with Crippen LogP contribution in [0.5, 0.6) is 5.75 Å². The van der Waals surface area contributed by atoms with E-state index in [-0.39, 0.29) is 11.9 Å². The Hall–Kier alpha value is -2.56. The van der Waals surface area contributed by atoms with Gasteiger partial charge in [-0.15, -0.1) is 0 Å². The lowest BCUT2D eigenvalue weighted by Gasteiger charge is -2.32. The predicted molar refractivity (Wildman–Crippen MR) is 116 cm³/mol. The van der Waals surface area contributed by atoms with Gasteiger partial charge in [0.25, 0.3) is 5.91 Å². The Balaban J connectivity index is 1.50. The zero-order valence-electron chi connectivity index (χ0n) is 17.5. The molecule has 0 radical (unpaired) electrons. The van der Waals surface area contributed by atoms with Gasteiger partial charge in [-0.25, -0.2) is 4.98 Å². The van der Waals surface area contributed by atoms with Gasteiger partial charge in [-0.1, -0.05) is 31.9 Å². The minimum Gasteiger partial charge on any atom is -0.489 e. The number of amides is 1. The van der Waals surface area contributed by atoms with Gasteiger partial charge in [-0.2, -0.15) is 0 Å². The Morgan fingerprint density at radius 1 is 1.21 bits per heavy atom. The van der Waals surface area contributed by atoms with E-state index < -0.39 is 0 Å². The standard InChI is InChI=1S/C24H31N3O2/c1-3-5-18-9-11-19(12-10-18)26-24(28)20-6-4-7-21-23(20)29-15-14-27(21)22-13-8-17(2)16-25-22/h4,6-8,13,16,18-19H,3,5,9-12,14-15H2,1-2H3,(H,26,28). The third kappa shape index (κ3) is 4.39. The highest BCUT2D eigenvalue weighted by Crippen LogP contribution is 2.38. The lowest BCUT2D eigenvalue weighted by Crippen LogP contribution is -2.38. The molecule has 2 aliphatic rings. The summed E-state index contributed by atoms with van der Waals surface area (Å²) in [5.74, 6) is 2.35. The lowest BCUT2D eigenvalue weighted by molar-refractivity contribution is 0.0917. The second-order valence-electron chi connectivity index (χ2n) is 8.33. The number of nitrogens with one attached hydrogen (secondary N) is 1. The van der Waals surface area contributed by atoms with Crippen molar-refractivity contribution in [3.63, 3.8) is 0 Å². The number of anilines is 2. The van der Waals surface area contributed by atoms with E-state index >= 15 is 0 Å². The predicted octanol–water partition coefficient (Wildman–Crippen LogP) is 5.01. The number of para-hydroxylation sites is 1. The number of carbonyl (C=O) groups excluding carboxylic acids is 1. The fourth-order valence-corrected chi connectivity index (χ4v) is 4.55. The monoisotopic (exact) mass is 393 g/mol. The molecule has 1 N–H and O–H groups in total. The van der Waals surface area contributed by atoms with E-state index in [1.54, 1.807) is 0 Å². The Morgan fingerprint density at radius 3 is 2.76 bits per heavy atom. The van der Waals surface area contributed by atoms with Crippen molar-refractivity contribution in [1.29, 1.82) is 0 Å². The Labute approximate surface area is 173 Å². The van der Waals surface area contributed by atoms with Gasteiger partial charge in [0.1, 0.15) is 12.4 Å². The second-order valence-corrected chi connectivity index (χ2v) is 8.33. The highest BCUT2D eigenvalue weighted by molar-refractivity contribution is 5.99. The molecule has 4 rings (SSSR count). The third-order valence-electron chi connectivity index (χ3n) is 6.14. The number of hydrogen-bond acceptors (Lipinski definition) is 4. The fraction of sp³-hybridized carbons (Fsp3) is 0.500. The molecule has 154 valence electrons. The first-order valence-corrected chi connectivity index (χ1v) is 10.9. The van der Waals surface area contributed by atoms with Crippen molar-refractivity contribution in [2.45, 2.75) is 58.4 Å². The molecule has 29 heavy (non-hydrogen) atoms. The summed E-state index contributed by atoms with van der Waals surface area (Å²) in [5.41, 5.74) is 2.66. The molecule has 1 aromatic carbocycles. The summed E-state index contributed by atoms with van der Waals surface area (Å²) in [6.45, 7) is 5.54. The number of carbonyl (C=O) groups is 1. The van der Waals surface area contributed by atoms with Gasteiger partial charge in [0.05, 0.1) is 17.8 Å². The van der Waals surface area contributed by atoms with E-state index in [2.05, 4.69) is 28.2 Å². The first-order valence-electron chi connectivity index (χ1n) is 10.9. The maximum Gasteiger partial charge on any atom is 0.255 e. The third-order valence-corrected chi connectivity index (χ3v) is 6.14. The zero-order valence-corrected chi connectivity index (χ0v) is 17.5. The summed E-state index contributed by atoms with van der Waals surface area (Å²) in [6.07, 6.45) is 9.02. The van der Waals surface area contributed by atoms with Gasteiger partial charge in [-0.3, -0.25) is 4.79 Å². The summed E-state index contributed by atoms with van der Waals surface area (Å²) < 4.78 is 5.96. The van der Waals surface area contributed by atoms with Crippen molar-refractivity contribution >= 4 is 17.4 Å². The fourth-order valence-electron chi connectivity index (χ4n) is 4.55. The van der Waals surface area contributed by atoms with Crippen molar-refractivity contribution in [3.8, 4) is 5.75 Å². The summed E-state index contributed by atoms with van der Waals surface area (Å²) >= 11 is 0. The summed E-state index contributed by atoms with van der Waals surface area (Å²) in [7, 11) is 0. The number of ether oxygens (including phenoxy) is 1. The minimum atomic E-state index is -0.0282. The van der Waals surface area contributed by atoms with E-state index in [4.69, 9.17) is 4.74 Å². The maximum absolute atomic E-state index is 13.1. The summed E-state index contributed by atoms with van der Waals surface area (Å²) in [6, 6.07) is 10.1. The highest BCUT2D eigenvalue weighted by atomic mass is 16.5. The molecular weight excluding hydrogens is 362 g/mol. The first kappa shape index (κ1) is 19.7. The van der Waals surface area contributed by atoms with E-state index in [0.717, 1.165) is 42.4 Å². The summed E-state index contributed by atoms with van der Waals surface area (Å²) in [4.78, 5) is 19.7. The van der Waals surface area contributed by atoms with Crippen LogP contribution >= 0.6 is 0 Å². The molecule has 0 bridgehead atoms. The topological polar surface area (TPSA) is 54.5 Å². The average Bonchev–Trinajstić information content (AvgIpc) is 2.75. The van der Waals surface area contributed by atoms with Crippen molar-refractivity contribution in [2.24, 2.45) is 5.92 Å². The van der Waals surface area contributed by atoms with Gasteiger partial charge >= 0.3 is 0 Å². The van der Waals surface area contributed by atoms with Crippen molar-refractivity contribution in [2.75, 3.05) is 18.1 Å². The molecule has 0 unspecified atom stereocenters. The van der Waals surface area contributed by atoms with Crippen LogP contribution in [-0.4, -0.2) is 30.1 Å². The van der Waals surface area contributed by atoms with E-state index in [9.17, 15) is 4.79 Å². The smallest absolute Gasteiger partial charge is 0.255 e.